The monoisotopic (exact) mass is 270 g/mol. The highest BCUT2D eigenvalue weighted by Crippen LogP contribution is 2.33. The molecule has 1 aliphatic rings. The van der Waals surface area contributed by atoms with Crippen LogP contribution in [0.25, 0.3) is 0 Å². The number of aromatic nitrogens is 1. The zero-order valence-electron chi connectivity index (χ0n) is 10.9. The van der Waals surface area contributed by atoms with Gasteiger partial charge in [0.15, 0.2) is 11.5 Å². The van der Waals surface area contributed by atoms with Gasteiger partial charge in [-0.2, -0.15) is 0 Å². The quantitative estimate of drug-likeness (QED) is 0.909. The van der Waals surface area contributed by atoms with Crippen molar-refractivity contribution in [2.24, 2.45) is 0 Å². The first kappa shape index (κ1) is 12.5. The van der Waals surface area contributed by atoms with Crippen LogP contribution >= 0.6 is 0 Å². The zero-order chi connectivity index (χ0) is 13.9. The molecule has 1 aliphatic heterocycles. The Hall–Kier alpha value is -2.56. The molecular weight excluding hydrogens is 256 g/mol. The van der Waals surface area contributed by atoms with Crippen molar-refractivity contribution in [1.29, 1.82) is 0 Å². The topological polar surface area (TPSA) is 60.5 Å². The Balaban J connectivity index is 1.76. The molecule has 1 aromatic carbocycles. The van der Waals surface area contributed by atoms with Crippen LogP contribution in [0.2, 0.25) is 0 Å². The van der Waals surface area contributed by atoms with Gasteiger partial charge < -0.3 is 14.8 Å². The van der Waals surface area contributed by atoms with E-state index in [4.69, 9.17) is 9.47 Å². The smallest absolute Gasteiger partial charge is 0.269 e. The van der Waals surface area contributed by atoms with Gasteiger partial charge in [-0.1, -0.05) is 12.1 Å². The van der Waals surface area contributed by atoms with Gasteiger partial charge in [-0.25, -0.2) is 0 Å². The number of rotatable bonds is 2. The van der Waals surface area contributed by atoms with Crippen LogP contribution in [0.5, 0.6) is 11.5 Å². The van der Waals surface area contributed by atoms with Crippen LogP contribution in [0, 0.1) is 0 Å². The molecule has 20 heavy (non-hydrogen) atoms. The van der Waals surface area contributed by atoms with Gasteiger partial charge in [0.1, 0.15) is 6.10 Å². The van der Waals surface area contributed by atoms with E-state index >= 15 is 0 Å². The van der Waals surface area contributed by atoms with Gasteiger partial charge in [0.2, 0.25) is 6.10 Å². The van der Waals surface area contributed by atoms with Gasteiger partial charge in [-0.15, -0.1) is 0 Å². The molecule has 1 N–H and O–H groups in total. The third-order valence-corrected chi connectivity index (χ3v) is 3.05. The molecule has 102 valence electrons. The summed E-state index contributed by atoms with van der Waals surface area (Å²) in [5.41, 5.74) is 0.680. The summed E-state index contributed by atoms with van der Waals surface area (Å²) >= 11 is 0. The number of benzene rings is 1. The third-order valence-electron chi connectivity index (χ3n) is 3.05. The van der Waals surface area contributed by atoms with Crippen molar-refractivity contribution in [3.05, 3.63) is 48.8 Å². The lowest BCUT2D eigenvalue weighted by molar-refractivity contribution is -0.128. The lowest BCUT2D eigenvalue weighted by Crippen LogP contribution is -2.46. The predicted octanol–water partition coefficient (Wildman–Crippen LogP) is 2.25. The summed E-state index contributed by atoms with van der Waals surface area (Å²) in [6.07, 6.45) is 2.20. The largest absolute Gasteiger partial charge is 0.482 e. The number of pyridine rings is 1. The summed E-state index contributed by atoms with van der Waals surface area (Å²) in [5, 5.41) is 2.79. The minimum absolute atomic E-state index is 0.238. The van der Waals surface area contributed by atoms with Crippen molar-refractivity contribution in [3.8, 4) is 11.5 Å². The van der Waals surface area contributed by atoms with Crippen molar-refractivity contribution < 1.29 is 14.3 Å². The van der Waals surface area contributed by atoms with Crippen LogP contribution in [0.4, 0.5) is 5.69 Å². The molecule has 0 saturated carbocycles. The summed E-state index contributed by atoms with van der Waals surface area (Å²) in [7, 11) is 0. The predicted molar refractivity (Wildman–Crippen MR) is 73.8 cm³/mol. The molecule has 0 radical (unpaired) electrons. The van der Waals surface area contributed by atoms with E-state index < -0.39 is 6.10 Å². The van der Waals surface area contributed by atoms with E-state index in [-0.39, 0.29) is 12.0 Å². The van der Waals surface area contributed by atoms with E-state index in [1.54, 1.807) is 30.6 Å². The van der Waals surface area contributed by atoms with Crippen LogP contribution < -0.4 is 14.8 Å². The normalized spacial score (nSPS) is 20.2. The number of anilines is 1. The minimum atomic E-state index is -0.682. The standard InChI is InChI=1S/C15H14N2O3/c1-10-14(15(18)17-11-6-8-16-9-7-11)20-13-5-3-2-4-12(13)19-10/h2-10,14H,1H3,(H,16,17,18)/t10-,14-/m0/s1. The van der Waals surface area contributed by atoms with Crippen molar-refractivity contribution in [2.45, 2.75) is 19.1 Å². The Bertz CT molecular complexity index is 616. The van der Waals surface area contributed by atoms with E-state index in [0.29, 0.717) is 17.2 Å². The molecule has 0 fully saturated rings. The molecular formula is C15H14N2O3. The molecule has 0 saturated heterocycles. The molecule has 2 aromatic rings. The Kier molecular flexibility index (Phi) is 3.25. The molecule has 0 unspecified atom stereocenters. The number of nitrogens with zero attached hydrogens (tertiary/aromatic N) is 1. The van der Waals surface area contributed by atoms with Gasteiger partial charge in [0.05, 0.1) is 0 Å². The summed E-state index contributed by atoms with van der Waals surface area (Å²) in [5.74, 6) is 1.01. The maximum atomic E-state index is 12.3. The van der Waals surface area contributed by atoms with Gasteiger partial charge in [-0.05, 0) is 31.2 Å². The van der Waals surface area contributed by atoms with Crippen LogP contribution in [-0.2, 0) is 4.79 Å². The molecule has 2 atom stereocenters. The molecule has 3 rings (SSSR count). The fourth-order valence-corrected chi connectivity index (χ4v) is 2.05. The Morgan fingerprint density at radius 3 is 2.45 bits per heavy atom. The number of ether oxygens (including phenoxy) is 2. The van der Waals surface area contributed by atoms with E-state index in [0.717, 1.165) is 0 Å². The first-order chi connectivity index (χ1) is 9.74. The molecule has 5 heteroatoms. The van der Waals surface area contributed by atoms with Crippen molar-refractivity contribution in [1.82, 2.24) is 4.98 Å². The second-order valence-corrected chi connectivity index (χ2v) is 4.53. The van der Waals surface area contributed by atoms with Crippen LogP contribution in [0.15, 0.2) is 48.8 Å². The Morgan fingerprint density at radius 2 is 1.75 bits per heavy atom. The molecule has 2 heterocycles. The Morgan fingerprint density at radius 1 is 1.10 bits per heavy atom. The number of hydrogen-bond donors (Lipinski definition) is 1. The van der Waals surface area contributed by atoms with Gasteiger partial charge in [-0.3, -0.25) is 9.78 Å². The number of fused-ring (bicyclic) bond motifs is 1. The van der Waals surface area contributed by atoms with E-state index in [2.05, 4.69) is 10.3 Å². The molecule has 0 aliphatic carbocycles. The second-order valence-electron chi connectivity index (χ2n) is 4.53. The summed E-state index contributed by atoms with van der Waals surface area (Å²) < 4.78 is 11.4. The Labute approximate surface area is 116 Å². The van der Waals surface area contributed by atoms with Crippen molar-refractivity contribution in [3.63, 3.8) is 0 Å². The van der Waals surface area contributed by atoms with Gasteiger partial charge in [0.25, 0.3) is 5.91 Å². The van der Waals surface area contributed by atoms with E-state index in [9.17, 15) is 4.79 Å². The average molecular weight is 270 g/mol. The van der Waals surface area contributed by atoms with Crippen molar-refractivity contribution >= 4 is 11.6 Å². The zero-order valence-corrected chi connectivity index (χ0v) is 10.9. The first-order valence-electron chi connectivity index (χ1n) is 6.37. The number of carbonyl (C=O) groups excluding carboxylic acids is 1. The maximum Gasteiger partial charge on any atom is 0.269 e. The summed E-state index contributed by atoms with van der Waals surface area (Å²) in [6.45, 7) is 1.81. The second kappa shape index (κ2) is 5.21. The van der Waals surface area contributed by atoms with Gasteiger partial charge >= 0.3 is 0 Å². The number of carbonyl (C=O) groups is 1. The minimum Gasteiger partial charge on any atom is -0.482 e. The molecule has 0 spiro atoms. The maximum absolute atomic E-state index is 12.3. The highest BCUT2D eigenvalue weighted by atomic mass is 16.6. The SMILES string of the molecule is C[C@@H]1Oc2ccccc2O[C@@H]1C(=O)Nc1ccncc1. The number of amides is 1. The van der Waals surface area contributed by atoms with Crippen LogP contribution in [0.1, 0.15) is 6.92 Å². The number of hydrogen-bond acceptors (Lipinski definition) is 4. The van der Waals surface area contributed by atoms with Crippen LogP contribution in [-0.4, -0.2) is 23.1 Å². The fraction of sp³-hybridized carbons (Fsp3) is 0.200. The van der Waals surface area contributed by atoms with Crippen molar-refractivity contribution in [2.75, 3.05) is 5.32 Å². The average Bonchev–Trinajstić information content (AvgIpc) is 2.47. The molecule has 1 aromatic heterocycles. The lowest BCUT2D eigenvalue weighted by atomic mass is 10.1. The lowest BCUT2D eigenvalue weighted by Gasteiger charge is -2.30. The third kappa shape index (κ3) is 2.42. The first-order valence-corrected chi connectivity index (χ1v) is 6.37. The summed E-state index contributed by atoms with van der Waals surface area (Å²) in [6, 6.07) is 10.8. The molecule has 0 bridgehead atoms. The highest BCUT2D eigenvalue weighted by molar-refractivity contribution is 5.95. The van der Waals surface area contributed by atoms with Crippen LogP contribution in [0.3, 0.4) is 0 Å². The number of nitrogens with one attached hydrogen (secondary N) is 1. The fourth-order valence-electron chi connectivity index (χ4n) is 2.05. The van der Waals surface area contributed by atoms with Gasteiger partial charge in [0, 0.05) is 18.1 Å². The summed E-state index contributed by atoms with van der Waals surface area (Å²) in [4.78, 5) is 16.2. The molecule has 5 nitrogen and oxygen atoms in total. The molecule has 1 amide bonds. The van der Waals surface area contributed by atoms with E-state index in [1.165, 1.54) is 0 Å². The number of para-hydroxylation sites is 2. The van der Waals surface area contributed by atoms with E-state index in [1.807, 2.05) is 25.1 Å². The highest BCUT2D eigenvalue weighted by Gasteiger charge is 2.33.